The van der Waals surface area contributed by atoms with E-state index in [0.717, 1.165) is 55.6 Å². The van der Waals surface area contributed by atoms with Gasteiger partial charge in [0.2, 0.25) is 5.91 Å². The van der Waals surface area contributed by atoms with Crippen LogP contribution in [0.1, 0.15) is 19.8 Å². The maximum Gasteiger partial charge on any atom is 0.232 e. The van der Waals surface area contributed by atoms with Gasteiger partial charge in [-0.25, -0.2) is 0 Å². The molecule has 1 amide bonds. The molecule has 0 radical (unpaired) electrons. The summed E-state index contributed by atoms with van der Waals surface area (Å²) in [7, 11) is 1.66. The molecule has 0 unspecified atom stereocenters. The highest BCUT2D eigenvalue weighted by Crippen LogP contribution is 2.23. The molecule has 4 nitrogen and oxygen atoms in total. The molecule has 122 valence electrons. The van der Waals surface area contributed by atoms with Crippen LogP contribution in [0.15, 0.2) is 29.2 Å². The number of hydrogen-bond donors (Lipinski definition) is 1. The summed E-state index contributed by atoms with van der Waals surface area (Å²) in [6.07, 6.45) is 2.23. The van der Waals surface area contributed by atoms with Gasteiger partial charge >= 0.3 is 0 Å². The number of carbonyl (C=O) groups is 1. The average molecular weight is 322 g/mol. The Hall–Kier alpha value is -1.20. The van der Waals surface area contributed by atoms with Crippen molar-refractivity contribution in [2.45, 2.75) is 24.7 Å². The van der Waals surface area contributed by atoms with Crippen molar-refractivity contribution < 1.29 is 9.53 Å². The van der Waals surface area contributed by atoms with Gasteiger partial charge < -0.3 is 15.0 Å². The predicted octanol–water partition coefficient (Wildman–Crippen LogP) is 2.64. The van der Waals surface area contributed by atoms with Gasteiger partial charge in [-0.05, 0) is 56.1 Å². The van der Waals surface area contributed by atoms with Gasteiger partial charge in [-0.1, -0.05) is 6.92 Å². The summed E-state index contributed by atoms with van der Waals surface area (Å²) < 4.78 is 5.14. The zero-order chi connectivity index (χ0) is 15.8. The van der Waals surface area contributed by atoms with E-state index in [1.54, 1.807) is 18.9 Å². The van der Waals surface area contributed by atoms with Crippen LogP contribution >= 0.6 is 11.8 Å². The summed E-state index contributed by atoms with van der Waals surface area (Å²) in [5, 5.41) is 3.40. The van der Waals surface area contributed by atoms with Crippen molar-refractivity contribution >= 4 is 17.7 Å². The summed E-state index contributed by atoms with van der Waals surface area (Å²) in [5.41, 5.74) is 0. The van der Waals surface area contributed by atoms with Crippen LogP contribution in [0.3, 0.4) is 0 Å². The normalized spacial score (nSPS) is 15.8. The molecule has 1 N–H and O–H groups in total. The van der Waals surface area contributed by atoms with Crippen molar-refractivity contribution in [3.8, 4) is 5.75 Å². The van der Waals surface area contributed by atoms with Crippen molar-refractivity contribution in [3.05, 3.63) is 24.3 Å². The molecule has 1 aliphatic heterocycles. The monoisotopic (exact) mass is 322 g/mol. The van der Waals surface area contributed by atoms with Crippen LogP contribution in [0.4, 0.5) is 0 Å². The van der Waals surface area contributed by atoms with E-state index in [0.29, 0.717) is 5.75 Å². The Bertz CT molecular complexity index is 456. The summed E-state index contributed by atoms with van der Waals surface area (Å²) >= 11 is 1.60. The minimum atomic E-state index is 0.253. The fraction of sp³-hybridized carbons (Fsp3) is 0.588. The number of methoxy groups -OCH3 is 1. The van der Waals surface area contributed by atoms with Crippen LogP contribution in [0.2, 0.25) is 0 Å². The Morgan fingerprint density at radius 3 is 2.59 bits per heavy atom. The number of amides is 1. The molecule has 1 fully saturated rings. The lowest BCUT2D eigenvalue weighted by Gasteiger charge is -2.32. The molecule has 0 atom stereocenters. The van der Waals surface area contributed by atoms with E-state index < -0.39 is 0 Å². The van der Waals surface area contributed by atoms with E-state index >= 15 is 0 Å². The molecular weight excluding hydrogens is 296 g/mol. The lowest BCUT2D eigenvalue weighted by atomic mass is 9.97. The number of ether oxygens (including phenoxy) is 1. The summed E-state index contributed by atoms with van der Waals surface area (Å²) in [6.45, 7) is 6.04. The molecule has 1 heterocycles. The highest BCUT2D eigenvalue weighted by atomic mass is 32.2. The molecule has 0 saturated carbocycles. The molecule has 1 aliphatic rings. The molecule has 5 heteroatoms. The van der Waals surface area contributed by atoms with Gasteiger partial charge in [-0.2, -0.15) is 0 Å². The van der Waals surface area contributed by atoms with Gasteiger partial charge in [0.25, 0.3) is 0 Å². The second-order valence-corrected chi connectivity index (χ2v) is 6.64. The third kappa shape index (κ3) is 5.21. The van der Waals surface area contributed by atoms with Crippen LogP contribution in [0.25, 0.3) is 0 Å². The number of benzene rings is 1. The Morgan fingerprint density at radius 1 is 1.32 bits per heavy atom. The molecule has 1 saturated heterocycles. The Morgan fingerprint density at radius 2 is 2.00 bits per heavy atom. The molecule has 2 rings (SSSR count). The first-order valence-electron chi connectivity index (χ1n) is 7.98. The number of thioether (sulfide) groups is 1. The number of nitrogens with zero attached hydrogens (tertiary/aromatic N) is 1. The zero-order valence-electron chi connectivity index (χ0n) is 13.5. The van der Waals surface area contributed by atoms with E-state index in [9.17, 15) is 4.79 Å². The molecule has 1 aromatic carbocycles. The molecule has 0 aromatic heterocycles. The van der Waals surface area contributed by atoms with Crippen molar-refractivity contribution in [3.63, 3.8) is 0 Å². The van der Waals surface area contributed by atoms with Crippen molar-refractivity contribution in [2.75, 3.05) is 39.0 Å². The quantitative estimate of drug-likeness (QED) is 0.784. The minimum absolute atomic E-state index is 0.253. The highest BCUT2D eigenvalue weighted by molar-refractivity contribution is 8.00. The number of hydrogen-bond acceptors (Lipinski definition) is 4. The van der Waals surface area contributed by atoms with Gasteiger partial charge in [0.1, 0.15) is 5.75 Å². The topological polar surface area (TPSA) is 41.6 Å². The van der Waals surface area contributed by atoms with Gasteiger partial charge in [0, 0.05) is 18.0 Å². The summed E-state index contributed by atoms with van der Waals surface area (Å²) in [6, 6.07) is 7.86. The zero-order valence-corrected chi connectivity index (χ0v) is 14.3. The van der Waals surface area contributed by atoms with E-state index in [-0.39, 0.29) is 5.91 Å². The first-order valence-corrected chi connectivity index (χ1v) is 8.96. The number of carbonyl (C=O) groups excluding carboxylic acids is 1. The number of likely N-dealkylation sites (tertiary alicyclic amines) is 1. The molecule has 0 bridgehead atoms. The van der Waals surface area contributed by atoms with Gasteiger partial charge in [-0.3, -0.25) is 4.79 Å². The van der Waals surface area contributed by atoms with E-state index in [4.69, 9.17) is 4.74 Å². The largest absolute Gasteiger partial charge is 0.497 e. The Kier molecular flexibility index (Phi) is 7.06. The number of rotatable bonds is 7. The van der Waals surface area contributed by atoms with E-state index in [1.165, 1.54) is 0 Å². The lowest BCUT2D eigenvalue weighted by Crippen LogP contribution is -2.41. The van der Waals surface area contributed by atoms with Gasteiger partial charge in [0.05, 0.1) is 12.9 Å². The van der Waals surface area contributed by atoms with Gasteiger partial charge in [-0.15, -0.1) is 11.8 Å². The third-order valence-electron chi connectivity index (χ3n) is 4.07. The van der Waals surface area contributed by atoms with E-state index in [2.05, 4.69) is 12.2 Å². The first-order chi connectivity index (χ1) is 10.7. The summed E-state index contributed by atoms with van der Waals surface area (Å²) in [5.74, 6) is 2.34. The predicted molar refractivity (Wildman–Crippen MR) is 91.6 cm³/mol. The van der Waals surface area contributed by atoms with Crippen LogP contribution in [-0.4, -0.2) is 49.8 Å². The molecule has 0 spiro atoms. The minimum Gasteiger partial charge on any atom is -0.497 e. The number of piperidine rings is 1. The first kappa shape index (κ1) is 17.2. The van der Waals surface area contributed by atoms with Crippen LogP contribution < -0.4 is 10.1 Å². The molecular formula is C17H26N2O2S. The van der Waals surface area contributed by atoms with Crippen molar-refractivity contribution in [1.29, 1.82) is 0 Å². The standard InChI is InChI=1S/C17H26N2O2S/c1-3-18-12-14-8-10-19(11-9-14)17(20)13-22-16-6-4-15(21-2)5-7-16/h4-7,14,18H,3,8-13H2,1-2H3. The second-order valence-electron chi connectivity index (χ2n) is 5.60. The third-order valence-corrected chi connectivity index (χ3v) is 5.07. The highest BCUT2D eigenvalue weighted by Gasteiger charge is 2.22. The SMILES string of the molecule is CCNCC1CCN(C(=O)CSc2ccc(OC)cc2)CC1. The van der Waals surface area contributed by atoms with Crippen LogP contribution in [0.5, 0.6) is 5.75 Å². The molecule has 0 aliphatic carbocycles. The Labute approximate surface area is 137 Å². The maximum atomic E-state index is 12.3. The van der Waals surface area contributed by atoms with E-state index in [1.807, 2.05) is 29.2 Å². The van der Waals surface area contributed by atoms with Crippen molar-refractivity contribution in [2.24, 2.45) is 5.92 Å². The maximum absolute atomic E-state index is 12.3. The number of nitrogens with one attached hydrogen (secondary N) is 1. The average Bonchev–Trinajstić information content (AvgIpc) is 2.58. The van der Waals surface area contributed by atoms with Crippen LogP contribution in [0, 0.1) is 5.92 Å². The van der Waals surface area contributed by atoms with Gasteiger partial charge in [0.15, 0.2) is 0 Å². The Balaban J connectivity index is 1.71. The van der Waals surface area contributed by atoms with Crippen molar-refractivity contribution in [1.82, 2.24) is 10.2 Å². The summed E-state index contributed by atoms with van der Waals surface area (Å²) in [4.78, 5) is 15.4. The smallest absolute Gasteiger partial charge is 0.232 e. The second kappa shape index (κ2) is 9.06. The fourth-order valence-electron chi connectivity index (χ4n) is 2.64. The van der Waals surface area contributed by atoms with Crippen LogP contribution in [-0.2, 0) is 4.79 Å². The molecule has 1 aromatic rings. The fourth-order valence-corrected chi connectivity index (χ4v) is 3.44. The molecule has 22 heavy (non-hydrogen) atoms. The lowest BCUT2D eigenvalue weighted by molar-refractivity contribution is -0.129.